The molecule has 1 saturated heterocycles. The average molecular weight is 452 g/mol. The van der Waals surface area contributed by atoms with E-state index in [9.17, 15) is 4.79 Å². The van der Waals surface area contributed by atoms with Crippen molar-refractivity contribution >= 4 is 23.4 Å². The molecule has 0 spiro atoms. The molecule has 166 valence electrons. The Morgan fingerprint density at radius 3 is 2.75 bits per heavy atom. The van der Waals surface area contributed by atoms with Gasteiger partial charge in [-0.2, -0.15) is 0 Å². The standard InChI is InChI=1S/C23H25N5O3S/c1-30-16-7-8-21(31-2)17(11-16)18-12-19(27-26-18)22(29)24-15-5-3-14(4-6-15)20-13-28-9-10-32-23(28)25-20/h3-8,11,13,18-19,26-27H,9-10,12H2,1-2H3,(H,24,29). The van der Waals surface area contributed by atoms with Crippen LogP contribution in [0.2, 0.25) is 0 Å². The maximum Gasteiger partial charge on any atom is 0.242 e. The fraction of sp³-hybridized carbons (Fsp3) is 0.304. The van der Waals surface area contributed by atoms with Crippen LogP contribution in [-0.2, 0) is 11.3 Å². The second kappa shape index (κ2) is 8.85. The zero-order valence-electron chi connectivity index (χ0n) is 17.9. The Kier molecular flexibility index (Phi) is 5.77. The van der Waals surface area contributed by atoms with E-state index in [0.717, 1.165) is 51.5 Å². The first-order valence-electron chi connectivity index (χ1n) is 10.5. The number of anilines is 1. The summed E-state index contributed by atoms with van der Waals surface area (Å²) in [4.78, 5) is 17.5. The number of carbonyl (C=O) groups excluding carboxylic acids is 1. The Bertz CT molecular complexity index is 1110. The first-order chi connectivity index (χ1) is 15.6. The number of imidazole rings is 1. The summed E-state index contributed by atoms with van der Waals surface area (Å²) in [6.45, 7) is 1.01. The molecule has 1 fully saturated rings. The molecule has 0 bridgehead atoms. The molecule has 3 aromatic rings. The van der Waals surface area contributed by atoms with Crippen LogP contribution in [0.15, 0.2) is 53.8 Å². The molecule has 0 aliphatic carbocycles. The number of thioether (sulfide) groups is 1. The van der Waals surface area contributed by atoms with Crippen molar-refractivity contribution in [2.45, 2.75) is 30.2 Å². The van der Waals surface area contributed by atoms with Gasteiger partial charge in [0, 0.05) is 35.3 Å². The normalized spacial score (nSPS) is 19.6. The molecule has 9 heteroatoms. The summed E-state index contributed by atoms with van der Waals surface area (Å²) in [6, 6.07) is 13.0. The van der Waals surface area contributed by atoms with E-state index in [1.54, 1.807) is 26.0 Å². The monoisotopic (exact) mass is 451 g/mol. The second-order valence-electron chi connectivity index (χ2n) is 7.75. The summed E-state index contributed by atoms with van der Waals surface area (Å²) in [7, 11) is 3.27. The highest BCUT2D eigenvalue weighted by Crippen LogP contribution is 2.34. The number of carbonyl (C=O) groups is 1. The molecule has 1 amide bonds. The van der Waals surface area contributed by atoms with Crippen molar-refractivity contribution in [1.82, 2.24) is 20.4 Å². The summed E-state index contributed by atoms with van der Waals surface area (Å²) in [6.07, 6.45) is 2.68. The second-order valence-corrected chi connectivity index (χ2v) is 8.82. The summed E-state index contributed by atoms with van der Waals surface area (Å²) in [5.41, 5.74) is 10.0. The minimum Gasteiger partial charge on any atom is -0.497 e. The number of nitrogens with zero attached hydrogens (tertiary/aromatic N) is 2. The Labute approximate surface area is 190 Å². The number of nitrogens with one attached hydrogen (secondary N) is 3. The van der Waals surface area contributed by atoms with Gasteiger partial charge in [-0.05, 0) is 36.8 Å². The highest BCUT2D eigenvalue weighted by Gasteiger charge is 2.32. The molecular weight excluding hydrogens is 426 g/mol. The van der Waals surface area contributed by atoms with Crippen LogP contribution in [-0.4, -0.2) is 41.5 Å². The van der Waals surface area contributed by atoms with Gasteiger partial charge >= 0.3 is 0 Å². The highest BCUT2D eigenvalue weighted by molar-refractivity contribution is 7.99. The summed E-state index contributed by atoms with van der Waals surface area (Å²) in [5, 5.41) is 4.07. The first-order valence-corrected chi connectivity index (χ1v) is 11.5. The Morgan fingerprint density at radius 1 is 1.16 bits per heavy atom. The van der Waals surface area contributed by atoms with Crippen LogP contribution >= 0.6 is 11.8 Å². The zero-order valence-corrected chi connectivity index (χ0v) is 18.7. The average Bonchev–Trinajstić information content (AvgIpc) is 3.55. The predicted molar refractivity (Wildman–Crippen MR) is 124 cm³/mol. The fourth-order valence-corrected chi connectivity index (χ4v) is 4.99. The number of aromatic nitrogens is 2. The number of hydrazine groups is 1. The van der Waals surface area contributed by atoms with Crippen LogP contribution in [0.5, 0.6) is 11.5 Å². The maximum absolute atomic E-state index is 12.8. The van der Waals surface area contributed by atoms with E-state index >= 15 is 0 Å². The summed E-state index contributed by atoms with van der Waals surface area (Å²) >= 11 is 1.78. The molecule has 0 saturated carbocycles. The number of aryl methyl sites for hydroxylation is 1. The summed E-state index contributed by atoms with van der Waals surface area (Å²) in [5.74, 6) is 2.50. The number of hydrogen-bond acceptors (Lipinski definition) is 7. The number of hydrogen-bond donors (Lipinski definition) is 3. The minimum absolute atomic E-state index is 0.0705. The quantitative estimate of drug-likeness (QED) is 0.530. The molecular formula is C23H25N5O3S. The molecule has 2 aliphatic heterocycles. The number of methoxy groups -OCH3 is 2. The third kappa shape index (κ3) is 4.06. The molecule has 5 rings (SSSR count). The molecule has 8 nitrogen and oxygen atoms in total. The molecule has 3 heterocycles. The molecule has 2 aliphatic rings. The zero-order chi connectivity index (χ0) is 22.1. The van der Waals surface area contributed by atoms with Gasteiger partial charge in [-0.15, -0.1) is 0 Å². The number of benzene rings is 2. The van der Waals surface area contributed by atoms with Crippen molar-refractivity contribution in [1.29, 1.82) is 0 Å². The number of amides is 1. The Morgan fingerprint density at radius 2 is 2.00 bits per heavy atom. The highest BCUT2D eigenvalue weighted by atomic mass is 32.2. The van der Waals surface area contributed by atoms with E-state index in [1.807, 2.05) is 42.5 Å². The maximum atomic E-state index is 12.8. The van der Waals surface area contributed by atoms with E-state index in [0.29, 0.717) is 6.42 Å². The van der Waals surface area contributed by atoms with Gasteiger partial charge in [0.05, 0.1) is 26.0 Å². The summed E-state index contributed by atoms with van der Waals surface area (Å²) < 4.78 is 13.0. The molecule has 2 atom stereocenters. The lowest BCUT2D eigenvalue weighted by molar-refractivity contribution is -0.117. The molecule has 2 unspecified atom stereocenters. The number of ether oxygens (including phenoxy) is 2. The van der Waals surface area contributed by atoms with Gasteiger partial charge in [0.1, 0.15) is 17.5 Å². The SMILES string of the molecule is COc1ccc(OC)c(C2CC(C(=O)Nc3ccc(-c4cn5c(n4)SCC5)cc3)NN2)c1. The van der Waals surface area contributed by atoms with E-state index in [-0.39, 0.29) is 18.0 Å². The van der Waals surface area contributed by atoms with Crippen molar-refractivity contribution in [3.05, 3.63) is 54.2 Å². The van der Waals surface area contributed by atoms with Crippen LogP contribution < -0.4 is 25.6 Å². The van der Waals surface area contributed by atoms with Crippen molar-refractivity contribution < 1.29 is 14.3 Å². The Balaban J connectivity index is 1.23. The molecule has 3 N–H and O–H groups in total. The van der Waals surface area contributed by atoms with Crippen LogP contribution in [0.4, 0.5) is 5.69 Å². The number of fused-ring (bicyclic) bond motifs is 1. The van der Waals surface area contributed by atoms with Crippen molar-refractivity contribution in [2.24, 2.45) is 0 Å². The molecule has 32 heavy (non-hydrogen) atoms. The van der Waals surface area contributed by atoms with E-state index in [4.69, 9.17) is 9.47 Å². The predicted octanol–water partition coefficient (Wildman–Crippen LogP) is 3.22. The largest absolute Gasteiger partial charge is 0.497 e. The van der Waals surface area contributed by atoms with Crippen molar-refractivity contribution in [3.63, 3.8) is 0 Å². The number of rotatable bonds is 6. The van der Waals surface area contributed by atoms with Crippen LogP contribution in [0.1, 0.15) is 18.0 Å². The first kappa shape index (κ1) is 20.9. The molecule has 0 radical (unpaired) electrons. The topological polar surface area (TPSA) is 89.4 Å². The van der Waals surface area contributed by atoms with E-state index in [1.165, 1.54) is 0 Å². The third-order valence-corrected chi connectivity index (χ3v) is 6.75. The lowest BCUT2D eigenvalue weighted by atomic mass is 10.0. The van der Waals surface area contributed by atoms with Gasteiger partial charge in [0.2, 0.25) is 5.91 Å². The minimum atomic E-state index is -0.372. The van der Waals surface area contributed by atoms with Gasteiger partial charge in [-0.3, -0.25) is 4.79 Å². The van der Waals surface area contributed by atoms with Crippen LogP contribution in [0.25, 0.3) is 11.3 Å². The molecule has 2 aromatic carbocycles. The van der Waals surface area contributed by atoms with Gasteiger partial charge in [-0.25, -0.2) is 15.8 Å². The molecule has 1 aromatic heterocycles. The van der Waals surface area contributed by atoms with Gasteiger partial charge in [-0.1, -0.05) is 23.9 Å². The lowest BCUT2D eigenvalue weighted by Gasteiger charge is -2.15. The Hall–Kier alpha value is -3.01. The van der Waals surface area contributed by atoms with Crippen molar-refractivity contribution in [2.75, 3.05) is 25.3 Å². The van der Waals surface area contributed by atoms with Gasteiger partial charge in [0.15, 0.2) is 5.16 Å². The van der Waals surface area contributed by atoms with E-state index < -0.39 is 0 Å². The van der Waals surface area contributed by atoms with Gasteiger partial charge in [0.25, 0.3) is 0 Å². The van der Waals surface area contributed by atoms with Crippen LogP contribution in [0.3, 0.4) is 0 Å². The smallest absolute Gasteiger partial charge is 0.242 e. The van der Waals surface area contributed by atoms with E-state index in [2.05, 4.69) is 31.9 Å². The van der Waals surface area contributed by atoms with Gasteiger partial charge < -0.3 is 19.4 Å². The fourth-order valence-electron chi connectivity index (χ4n) is 4.05. The van der Waals surface area contributed by atoms with Crippen molar-refractivity contribution in [3.8, 4) is 22.8 Å². The third-order valence-electron chi connectivity index (χ3n) is 5.78. The van der Waals surface area contributed by atoms with Crippen LogP contribution in [0, 0.1) is 0 Å². The lowest BCUT2D eigenvalue weighted by Crippen LogP contribution is -2.39.